The molecule has 0 fully saturated rings. The van der Waals surface area contributed by atoms with Crippen LogP contribution in [0.5, 0.6) is 5.88 Å². The SMILES string of the molecule is CCOC(=O)c1coc(NCc2ccnc(OC)c2)n1. The quantitative estimate of drug-likeness (QED) is 0.806. The summed E-state index contributed by atoms with van der Waals surface area (Å²) in [7, 11) is 1.55. The minimum Gasteiger partial charge on any atom is -0.481 e. The molecule has 2 aromatic heterocycles. The summed E-state index contributed by atoms with van der Waals surface area (Å²) in [5, 5.41) is 2.96. The number of hydrogen-bond acceptors (Lipinski definition) is 7. The van der Waals surface area contributed by atoms with E-state index in [1.54, 1.807) is 26.3 Å². The van der Waals surface area contributed by atoms with E-state index in [0.29, 0.717) is 19.0 Å². The minimum atomic E-state index is -0.505. The molecule has 2 aromatic rings. The molecule has 0 spiro atoms. The van der Waals surface area contributed by atoms with Gasteiger partial charge in [0.2, 0.25) is 5.88 Å². The Morgan fingerprint density at radius 2 is 2.35 bits per heavy atom. The second-order valence-electron chi connectivity index (χ2n) is 3.82. The number of rotatable bonds is 6. The first kappa shape index (κ1) is 13.9. The van der Waals surface area contributed by atoms with Crippen LogP contribution >= 0.6 is 0 Å². The van der Waals surface area contributed by atoms with E-state index >= 15 is 0 Å². The molecule has 7 heteroatoms. The first-order chi connectivity index (χ1) is 9.72. The Kier molecular flexibility index (Phi) is 4.54. The Balaban J connectivity index is 1.95. The van der Waals surface area contributed by atoms with Gasteiger partial charge in [0, 0.05) is 18.8 Å². The summed E-state index contributed by atoms with van der Waals surface area (Å²) in [5.41, 5.74) is 1.09. The fourth-order valence-corrected chi connectivity index (χ4v) is 1.50. The van der Waals surface area contributed by atoms with Crippen LogP contribution in [0.4, 0.5) is 6.01 Å². The normalized spacial score (nSPS) is 10.1. The number of carbonyl (C=O) groups is 1. The van der Waals surface area contributed by atoms with Crippen LogP contribution in [-0.2, 0) is 11.3 Å². The zero-order chi connectivity index (χ0) is 14.4. The maximum atomic E-state index is 11.4. The summed E-state index contributed by atoms with van der Waals surface area (Å²) >= 11 is 0. The van der Waals surface area contributed by atoms with Gasteiger partial charge in [-0.05, 0) is 18.6 Å². The third kappa shape index (κ3) is 3.47. The second-order valence-corrected chi connectivity index (χ2v) is 3.82. The van der Waals surface area contributed by atoms with Gasteiger partial charge in [-0.25, -0.2) is 9.78 Å². The monoisotopic (exact) mass is 277 g/mol. The van der Waals surface area contributed by atoms with E-state index in [2.05, 4.69) is 15.3 Å². The van der Waals surface area contributed by atoms with Gasteiger partial charge in [0.15, 0.2) is 5.69 Å². The molecule has 0 unspecified atom stereocenters. The van der Waals surface area contributed by atoms with E-state index in [-0.39, 0.29) is 11.7 Å². The summed E-state index contributed by atoms with van der Waals surface area (Å²) in [6.45, 7) is 2.50. The van der Waals surface area contributed by atoms with Crippen molar-refractivity contribution in [2.45, 2.75) is 13.5 Å². The highest BCUT2D eigenvalue weighted by Gasteiger charge is 2.12. The first-order valence-corrected chi connectivity index (χ1v) is 6.08. The van der Waals surface area contributed by atoms with Gasteiger partial charge >= 0.3 is 5.97 Å². The van der Waals surface area contributed by atoms with Crippen LogP contribution in [0.3, 0.4) is 0 Å². The highest BCUT2D eigenvalue weighted by Crippen LogP contribution is 2.12. The van der Waals surface area contributed by atoms with Gasteiger partial charge in [-0.2, -0.15) is 4.98 Å². The summed E-state index contributed by atoms with van der Waals surface area (Å²) in [6, 6.07) is 3.89. The van der Waals surface area contributed by atoms with Crippen molar-refractivity contribution < 1.29 is 18.7 Å². The third-order valence-electron chi connectivity index (χ3n) is 2.44. The topological polar surface area (TPSA) is 86.5 Å². The number of nitrogens with zero attached hydrogens (tertiary/aromatic N) is 2. The highest BCUT2D eigenvalue weighted by molar-refractivity contribution is 5.87. The molecule has 0 aliphatic heterocycles. The number of nitrogens with one attached hydrogen (secondary N) is 1. The van der Waals surface area contributed by atoms with Gasteiger partial charge in [-0.15, -0.1) is 0 Å². The van der Waals surface area contributed by atoms with E-state index in [0.717, 1.165) is 5.56 Å². The van der Waals surface area contributed by atoms with Crippen molar-refractivity contribution >= 4 is 12.0 Å². The Morgan fingerprint density at radius 3 is 3.10 bits per heavy atom. The van der Waals surface area contributed by atoms with Crippen LogP contribution in [0, 0.1) is 0 Å². The molecule has 0 saturated carbocycles. The van der Waals surface area contributed by atoms with Gasteiger partial charge in [-0.1, -0.05) is 0 Å². The highest BCUT2D eigenvalue weighted by atomic mass is 16.5. The third-order valence-corrected chi connectivity index (χ3v) is 2.44. The van der Waals surface area contributed by atoms with E-state index in [9.17, 15) is 4.79 Å². The molecule has 1 N–H and O–H groups in total. The Hall–Kier alpha value is -2.57. The molecule has 0 bridgehead atoms. The number of hydrogen-bond donors (Lipinski definition) is 1. The van der Waals surface area contributed by atoms with Crippen LogP contribution in [0.2, 0.25) is 0 Å². The standard InChI is InChI=1S/C13H15N3O4/c1-3-19-12(17)10-8-20-13(16-10)15-7-9-4-5-14-11(6-9)18-2/h4-6,8H,3,7H2,1-2H3,(H,15,16). The Labute approximate surface area is 115 Å². The van der Waals surface area contributed by atoms with Crippen LogP contribution in [0.15, 0.2) is 29.0 Å². The molecule has 0 atom stereocenters. The van der Waals surface area contributed by atoms with Gasteiger partial charge in [0.05, 0.1) is 13.7 Å². The van der Waals surface area contributed by atoms with Crippen molar-refractivity contribution in [2.24, 2.45) is 0 Å². The maximum absolute atomic E-state index is 11.4. The van der Waals surface area contributed by atoms with E-state index in [1.807, 2.05) is 6.07 Å². The number of oxazole rings is 1. The molecular formula is C13H15N3O4. The van der Waals surface area contributed by atoms with Gasteiger partial charge < -0.3 is 19.2 Å². The molecule has 20 heavy (non-hydrogen) atoms. The lowest BCUT2D eigenvalue weighted by molar-refractivity contribution is 0.0519. The predicted molar refractivity (Wildman–Crippen MR) is 70.6 cm³/mol. The summed E-state index contributed by atoms with van der Waals surface area (Å²) in [4.78, 5) is 19.4. The van der Waals surface area contributed by atoms with Gasteiger partial charge in [0.25, 0.3) is 6.01 Å². The van der Waals surface area contributed by atoms with Crippen LogP contribution in [0.1, 0.15) is 23.0 Å². The molecule has 2 rings (SSSR count). The van der Waals surface area contributed by atoms with Crippen molar-refractivity contribution in [1.82, 2.24) is 9.97 Å². The minimum absolute atomic E-state index is 0.140. The number of methoxy groups -OCH3 is 1. The van der Waals surface area contributed by atoms with Crippen molar-refractivity contribution in [2.75, 3.05) is 19.0 Å². The molecule has 0 aromatic carbocycles. The zero-order valence-electron chi connectivity index (χ0n) is 11.3. The number of aromatic nitrogens is 2. The smallest absolute Gasteiger partial charge is 0.360 e. The molecule has 0 radical (unpaired) electrons. The summed E-state index contributed by atoms with van der Waals surface area (Å²) in [5.74, 6) is 0.0267. The van der Waals surface area contributed by atoms with Crippen molar-refractivity contribution in [1.29, 1.82) is 0 Å². The maximum Gasteiger partial charge on any atom is 0.360 e. The molecule has 0 saturated heterocycles. The summed E-state index contributed by atoms with van der Waals surface area (Å²) < 4.78 is 15.0. The molecule has 106 valence electrons. The van der Waals surface area contributed by atoms with Crippen LogP contribution < -0.4 is 10.1 Å². The van der Waals surface area contributed by atoms with Crippen molar-refractivity contribution in [3.8, 4) is 5.88 Å². The van der Waals surface area contributed by atoms with Crippen molar-refractivity contribution in [3.63, 3.8) is 0 Å². The fraction of sp³-hybridized carbons (Fsp3) is 0.308. The van der Waals surface area contributed by atoms with E-state index in [1.165, 1.54) is 6.26 Å². The largest absolute Gasteiger partial charge is 0.481 e. The fourth-order valence-electron chi connectivity index (χ4n) is 1.50. The van der Waals surface area contributed by atoms with E-state index < -0.39 is 5.97 Å². The lowest BCUT2D eigenvalue weighted by atomic mass is 10.2. The average Bonchev–Trinajstić information content (AvgIpc) is 2.94. The Bertz CT molecular complexity index is 583. The second kappa shape index (κ2) is 6.55. The average molecular weight is 277 g/mol. The molecule has 7 nitrogen and oxygen atoms in total. The van der Waals surface area contributed by atoms with Gasteiger partial charge in [-0.3, -0.25) is 0 Å². The lowest BCUT2D eigenvalue weighted by Crippen LogP contribution is -2.05. The Morgan fingerprint density at radius 1 is 1.50 bits per heavy atom. The first-order valence-electron chi connectivity index (χ1n) is 6.08. The number of esters is 1. The van der Waals surface area contributed by atoms with E-state index in [4.69, 9.17) is 13.9 Å². The van der Waals surface area contributed by atoms with Crippen LogP contribution in [-0.4, -0.2) is 29.7 Å². The van der Waals surface area contributed by atoms with Crippen LogP contribution in [0.25, 0.3) is 0 Å². The number of ether oxygens (including phenoxy) is 2. The summed E-state index contributed by atoms with van der Waals surface area (Å²) in [6.07, 6.45) is 2.91. The number of carbonyl (C=O) groups excluding carboxylic acids is 1. The number of anilines is 1. The molecule has 2 heterocycles. The lowest BCUT2D eigenvalue weighted by Gasteiger charge is -2.03. The molecule has 0 amide bonds. The van der Waals surface area contributed by atoms with Gasteiger partial charge in [0.1, 0.15) is 6.26 Å². The number of pyridine rings is 1. The molecule has 0 aliphatic rings. The predicted octanol–water partition coefficient (Wildman–Crippen LogP) is 1.87. The molecule has 0 aliphatic carbocycles. The van der Waals surface area contributed by atoms with Crippen molar-refractivity contribution in [3.05, 3.63) is 35.9 Å². The zero-order valence-corrected chi connectivity index (χ0v) is 11.3. The molecular weight excluding hydrogens is 262 g/mol.